The highest BCUT2D eigenvalue weighted by molar-refractivity contribution is 6.04. The van der Waals surface area contributed by atoms with Gasteiger partial charge < -0.3 is 5.32 Å². The van der Waals surface area contributed by atoms with Crippen LogP contribution in [0, 0.1) is 5.92 Å². The van der Waals surface area contributed by atoms with Gasteiger partial charge in [0.25, 0.3) is 5.91 Å². The molecule has 0 aliphatic rings. The van der Waals surface area contributed by atoms with Crippen molar-refractivity contribution < 1.29 is 4.79 Å². The molecule has 2 heterocycles. The molecule has 1 amide bonds. The SMILES string of the molecule is CC(C)C(C)n1nccc1NC(=O)c1ccc(-c2nnn(C)n2)cc1. The molecule has 3 rings (SSSR count). The molecule has 0 spiro atoms. The summed E-state index contributed by atoms with van der Waals surface area (Å²) in [6.07, 6.45) is 1.69. The average Bonchev–Trinajstić information content (AvgIpc) is 3.23. The zero-order valence-electron chi connectivity index (χ0n) is 14.7. The van der Waals surface area contributed by atoms with E-state index in [1.54, 1.807) is 43.6 Å². The summed E-state index contributed by atoms with van der Waals surface area (Å²) in [4.78, 5) is 13.9. The van der Waals surface area contributed by atoms with E-state index in [-0.39, 0.29) is 11.9 Å². The van der Waals surface area contributed by atoms with Gasteiger partial charge in [-0.3, -0.25) is 4.79 Å². The number of nitrogens with one attached hydrogen (secondary N) is 1. The summed E-state index contributed by atoms with van der Waals surface area (Å²) in [7, 11) is 1.71. The van der Waals surface area contributed by atoms with E-state index in [1.165, 1.54) is 4.80 Å². The molecule has 0 aliphatic heterocycles. The van der Waals surface area contributed by atoms with Crippen LogP contribution in [0.25, 0.3) is 11.4 Å². The first-order chi connectivity index (χ1) is 12.0. The molecule has 130 valence electrons. The predicted octanol–water partition coefficient (Wildman–Crippen LogP) is 2.54. The Hall–Kier alpha value is -3.03. The monoisotopic (exact) mass is 339 g/mol. The smallest absolute Gasteiger partial charge is 0.256 e. The highest BCUT2D eigenvalue weighted by Crippen LogP contribution is 2.21. The number of aromatic nitrogens is 6. The Morgan fingerprint density at radius 1 is 1.12 bits per heavy atom. The lowest BCUT2D eigenvalue weighted by Crippen LogP contribution is -2.19. The van der Waals surface area contributed by atoms with Crippen LogP contribution in [-0.2, 0) is 7.05 Å². The molecule has 8 heteroatoms. The minimum atomic E-state index is -0.184. The summed E-state index contributed by atoms with van der Waals surface area (Å²) in [5.41, 5.74) is 1.36. The maximum absolute atomic E-state index is 12.5. The van der Waals surface area contributed by atoms with Gasteiger partial charge in [-0.25, -0.2) is 4.68 Å². The van der Waals surface area contributed by atoms with Gasteiger partial charge in [-0.05, 0) is 30.2 Å². The Bertz CT molecular complexity index is 863. The lowest BCUT2D eigenvalue weighted by atomic mass is 10.1. The fraction of sp³-hybridized carbons (Fsp3) is 0.353. The molecule has 0 saturated carbocycles. The number of carbonyl (C=O) groups excluding carboxylic acids is 1. The standard InChI is InChI=1S/C17H21N7O/c1-11(2)12(3)24-15(9-10-18-24)19-17(25)14-7-5-13(6-8-14)16-20-22-23(4)21-16/h5-12H,1-4H3,(H,19,25). The van der Waals surface area contributed by atoms with Crippen molar-refractivity contribution >= 4 is 11.7 Å². The second-order valence-corrected chi connectivity index (χ2v) is 6.28. The predicted molar refractivity (Wildman–Crippen MR) is 94.0 cm³/mol. The van der Waals surface area contributed by atoms with Crippen LogP contribution in [0.3, 0.4) is 0 Å². The van der Waals surface area contributed by atoms with Gasteiger partial charge in [-0.2, -0.15) is 9.90 Å². The third kappa shape index (κ3) is 3.57. The molecule has 0 aliphatic carbocycles. The lowest BCUT2D eigenvalue weighted by Gasteiger charge is -2.19. The van der Waals surface area contributed by atoms with Crippen molar-refractivity contribution in [3.63, 3.8) is 0 Å². The van der Waals surface area contributed by atoms with Crippen LogP contribution in [0.1, 0.15) is 37.2 Å². The molecule has 0 saturated heterocycles. The zero-order valence-corrected chi connectivity index (χ0v) is 14.7. The van der Waals surface area contributed by atoms with E-state index in [4.69, 9.17) is 0 Å². The summed E-state index contributed by atoms with van der Waals surface area (Å²) in [6.45, 7) is 6.32. The van der Waals surface area contributed by atoms with Crippen molar-refractivity contribution in [3.8, 4) is 11.4 Å². The van der Waals surface area contributed by atoms with Crippen molar-refractivity contribution in [3.05, 3.63) is 42.1 Å². The maximum Gasteiger partial charge on any atom is 0.256 e. The fourth-order valence-corrected chi connectivity index (χ4v) is 2.38. The largest absolute Gasteiger partial charge is 0.307 e. The first-order valence-corrected chi connectivity index (χ1v) is 8.15. The Morgan fingerprint density at radius 3 is 2.44 bits per heavy atom. The number of carbonyl (C=O) groups is 1. The molecule has 2 aromatic heterocycles. The molecule has 1 N–H and O–H groups in total. The van der Waals surface area contributed by atoms with Crippen LogP contribution in [0.4, 0.5) is 5.82 Å². The van der Waals surface area contributed by atoms with E-state index in [1.807, 2.05) is 4.68 Å². The van der Waals surface area contributed by atoms with Crippen molar-refractivity contribution in [1.82, 2.24) is 30.0 Å². The fourth-order valence-electron chi connectivity index (χ4n) is 2.38. The van der Waals surface area contributed by atoms with E-state index in [0.29, 0.717) is 23.1 Å². The number of aryl methyl sites for hydroxylation is 1. The number of nitrogens with zero attached hydrogens (tertiary/aromatic N) is 6. The van der Waals surface area contributed by atoms with Gasteiger partial charge in [-0.15, -0.1) is 10.2 Å². The van der Waals surface area contributed by atoms with E-state index in [2.05, 4.69) is 46.6 Å². The molecule has 1 unspecified atom stereocenters. The number of hydrogen-bond donors (Lipinski definition) is 1. The van der Waals surface area contributed by atoms with Gasteiger partial charge in [0, 0.05) is 17.2 Å². The molecule has 1 atom stereocenters. The summed E-state index contributed by atoms with van der Waals surface area (Å²) in [6, 6.07) is 9.09. The molecule has 8 nitrogen and oxygen atoms in total. The second kappa shape index (κ2) is 6.84. The van der Waals surface area contributed by atoms with Crippen LogP contribution in [-0.4, -0.2) is 35.9 Å². The highest BCUT2D eigenvalue weighted by Gasteiger charge is 2.16. The van der Waals surface area contributed by atoms with Crippen molar-refractivity contribution in [2.75, 3.05) is 5.32 Å². The summed E-state index contributed by atoms with van der Waals surface area (Å²) < 4.78 is 1.83. The minimum absolute atomic E-state index is 0.184. The van der Waals surface area contributed by atoms with Crippen molar-refractivity contribution in [2.45, 2.75) is 26.8 Å². The molecule has 1 aromatic carbocycles. The molecule has 0 radical (unpaired) electrons. The van der Waals surface area contributed by atoms with Gasteiger partial charge in [0.15, 0.2) is 0 Å². The van der Waals surface area contributed by atoms with Crippen LogP contribution in [0.15, 0.2) is 36.5 Å². The van der Waals surface area contributed by atoms with Crippen LogP contribution >= 0.6 is 0 Å². The Morgan fingerprint density at radius 2 is 1.84 bits per heavy atom. The van der Waals surface area contributed by atoms with Crippen molar-refractivity contribution in [2.24, 2.45) is 13.0 Å². The maximum atomic E-state index is 12.5. The molecule has 0 bridgehead atoms. The van der Waals surface area contributed by atoms with E-state index < -0.39 is 0 Å². The number of benzene rings is 1. The van der Waals surface area contributed by atoms with E-state index in [9.17, 15) is 4.79 Å². The number of amides is 1. The minimum Gasteiger partial charge on any atom is -0.307 e. The molecule has 25 heavy (non-hydrogen) atoms. The average molecular weight is 339 g/mol. The van der Waals surface area contributed by atoms with Gasteiger partial charge >= 0.3 is 0 Å². The quantitative estimate of drug-likeness (QED) is 0.771. The lowest BCUT2D eigenvalue weighted by molar-refractivity contribution is 0.102. The zero-order chi connectivity index (χ0) is 18.0. The summed E-state index contributed by atoms with van der Waals surface area (Å²) in [5, 5.41) is 19.1. The van der Waals surface area contributed by atoms with E-state index in [0.717, 1.165) is 5.56 Å². The Labute approximate surface area is 145 Å². The Kier molecular flexibility index (Phi) is 4.60. The topological polar surface area (TPSA) is 90.5 Å². The summed E-state index contributed by atoms with van der Waals surface area (Å²) >= 11 is 0. The third-order valence-electron chi connectivity index (χ3n) is 4.18. The number of rotatable bonds is 5. The number of anilines is 1. The first-order valence-electron chi connectivity index (χ1n) is 8.15. The molecule has 0 fully saturated rings. The van der Waals surface area contributed by atoms with Crippen LogP contribution in [0.5, 0.6) is 0 Å². The molecular formula is C17H21N7O. The molecular weight excluding hydrogens is 318 g/mol. The van der Waals surface area contributed by atoms with Crippen LogP contribution in [0.2, 0.25) is 0 Å². The van der Waals surface area contributed by atoms with Gasteiger partial charge in [0.1, 0.15) is 5.82 Å². The highest BCUT2D eigenvalue weighted by atomic mass is 16.1. The third-order valence-corrected chi connectivity index (χ3v) is 4.18. The van der Waals surface area contributed by atoms with Gasteiger partial charge in [0.05, 0.1) is 19.3 Å². The normalized spacial score (nSPS) is 12.4. The molecule has 3 aromatic rings. The van der Waals surface area contributed by atoms with E-state index >= 15 is 0 Å². The van der Waals surface area contributed by atoms with Crippen molar-refractivity contribution in [1.29, 1.82) is 0 Å². The second-order valence-electron chi connectivity index (χ2n) is 6.28. The first kappa shape index (κ1) is 16.8. The van der Waals surface area contributed by atoms with Crippen LogP contribution < -0.4 is 5.32 Å². The number of tetrazole rings is 1. The summed E-state index contributed by atoms with van der Waals surface area (Å²) in [5.74, 6) is 1.44. The van der Waals surface area contributed by atoms with Gasteiger partial charge in [0.2, 0.25) is 5.82 Å². The Balaban J connectivity index is 1.75. The van der Waals surface area contributed by atoms with Gasteiger partial charge in [-0.1, -0.05) is 26.0 Å². The number of hydrogen-bond acceptors (Lipinski definition) is 5.